The number of nitrogens with one attached hydrogen (secondary N) is 1. The Bertz CT molecular complexity index is 2250. The van der Waals surface area contributed by atoms with E-state index in [1.807, 2.05) is 12.1 Å². The number of alkyl halides is 3. The summed E-state index contributed by atoms with van der Waals surface area (Å²) in [6.45, 7) is -0.223. The normalized spacial score (nSPS) is 17.9. The van der Waals surface area contributed by atoms with Crippen molar-refractivity contribution >= 4 is 28.5 Å². The number of aromatic nitrogens is 4. The Morgan fingerprint density at radius 3 is 2.35 bits per heavy atom. The Morgan fingerprint density at radius 1 is 0.922 bits per heavy atom. The first-order valence-electron chi connectivity index (χ1n) is 16.8. The highest BCUT2D eigenvalue weighted by atomic mass is 19.4. The molecule has 10 nitrogen and oxygen atoms in total. The van der Waals surface area contributed by atoms with Crippen molar-refractivity contribution in [2.24, 2.45) is 0 Å². The van der Waals surface area contributed by atoms with Crippen LogP contribution in [0.4, 0.5) is 13.2 Å². The van der Waals surface area contributed by atoms with Gasteiger partial charge in [0.1, 0.15) is 0 Å². The zero-order chi connectivity index (χ0) is 35.5. The van der Waals surface area contributed by atoms with Crippen molar-refractivity contribution in [2.75, 3.05) is 0 Å². The summed E-state index contributed by atoms with van der Waals surface area (Å²) >= 11 is 0. The molecule has 2 aliphatic carbocycles. The number of benzene rings is 2. The third kappa shape index (κ3) is 5.47. The van der Waals surface area contributed by atoms with Crippen LogP contribution in [-0.2, 0) is 35.9 Å². The molecule has 3 aliphatic rings. The monoisotopic (exact) mass is 692 g/mol. The van der Waals surface area contributed by atoms with E-state index in [0.717, 1.165) is 47.7 Å². The molecule has 3 amide bonds. The molecule has 5 aromatic rings. The highest BCUT2D eigenvalue weighted by molar-refractivity contribution is 6.21. The topological polar surface area (TPSA) is 129 Å². The number of hydrogen-bond acceptors (Lipinski definition) is 7. The van der Waals surface area contributed by atoms with E-state index < -0.39 is 40.6 Å². The molecule has 51 heavy (non-hydrogen) atoms. The summed E-state index contributed by atoms with van der Waals surface area (Å²) in [7, 11) is 0. The number of H-pyrrole nitrogens is 1. The van der Waals surface area contributed by atoms with E-state index in [-0.39, 0.29) is 30.1 Å². The summed E-state index contributed by atoms with van der Waals surface area (Å²) < 4.78 is 40.1. The van der Waals surface area contributed by atoms with Crippen molar-refractivity contribution in [3.05, 3.63) is 134 Å². The highest BCUT2D eigenvalue weighted by Gasteiger charge is 2.50. The smallest absolute Gasteiger partial charge is 0.327 e. The van der Waals surface area contributed by atoms with Crippen molar-refractivity contribution in [1.29, 1.82) is 0 Å². The summed E-state index contributed by atoms with van der Waals surface area (Å²) in [4.78, 5) is 66.0. The summed E-state index contributed by atoms with van der Waals surface area (Å²) in [5, 5.41) is 7.43. The Balaban J connectivity index is 1.19. The number of pyridine rings is 2. The minimum atomic E-state index is -4.55. The van der Waals surface area contributed by atoms with Crippen LogP contribution in [-0.4, -0.2) is 47.7 Å². The van der Waals surface area contributed by atoms with Gasteiger partial charge in [0.25, 0.3) is 17.4 Å². The largest absolute Gasteiger partial charge is 0.417 e. The fraction of sp³-hybridized carbons (Fsp3) is 0.289. The number of carbonyl (C=O) groups is 3. The van der Waals surface area contributed by atoms with Crippen LogP contribution in [0.25, 0.3) is 10.8 Å². The maximum absolute atomic E-state index is 15.1. The van der Waals surface area contributed by atoms with Crippen LogP contribution in [0.1, 0.15) is 92.6 Å². The average molecular weight is 693 g/mol. The van der Waals surface area contributed by atoms with Crippen LogP contribution < -0.4 is 5.56 Å². The van der Waals surface area contributed by atoms with Crippen molar-refractivity contribution in [3.8, 4) is 0 Å². The molecule has 4 heterocycles. The molecular weight excluding hydrogens is 661 g/mol. The summed E-state index contributed by atoms with van der Waals surface area (Å²) in [5.41, 5.74) is 1.25. The van der Waals surface area contributed by atoms with Crippen molar-refractivity contribution < 1.29 is 27.6 Å². The van der Waals surface area contributed by atoms with Gasteiger partial charge in [0.2, 0.25) is 5.91 Å². The number of hydrogen-bond donors (Lipinski definition) is 1. The SMILES string of the molecule is O=C1c2ccccc2C(=O)N1Cc1n[nH]c(=O)c2ccc(C3(C(=O)N(Cc4ccc(C(F)(F)F)cn4)C4CCCc5cccnc54)CCC3)cc12. The quantitative estimate of drug-likeness (QED) is 0.206. The number of amides is 3. The first-order chi connectivity index (χ1) is 24.5. The first-order valence-corrected chi connectivity index (χ1v) is 16.8. The average Bonchev–Trinajstić information content (AvgIpc) is 3.35. The van der Waals surface area contributed by atoms with Gasteiger partial charge in [0.05, 0.1) is 63.7 Å². The van der Waals surface area contributed by atoms with Crippen LogP contribution in [0.3, 0.4) is 0 Å². The maximum Gasteiger partial charge on any atom is 0.417 e. The summed E-state index contributed by atoms with van der Waals surface area (Å²) in [5.74, 6) is -1.14. The molecule has 1 saturated carbocycles. The Hall–Kier alpha value is -5.72. The molecule has 3 aromatic heterocycles. The van der Waals surface area contributed by atoms with Crippen LogP contribution in [0.2, 0.25) is 0 Å². The molecular formula is C38H31F3N6O4. The predicted molar refractivity (Wildman–Crippen MR) is 178 cm³/mol. The molecule has 1 fully saturated rings. The van der Waals surface area contributed by atoms with E-state index in [1.54, 1.807) is 53.6 Å². The van der Waals surface area contributed by atoms with Gasteiger partial charge in [-0.25, -0.2) is 5.10 Å². The fourth-order valence-electron chi connectivity index (χ4n) is 7.67. The van der Waals surface area contributed by atoms with E-state index in [0.29, 0.717) is 47.0 Å². The molecule has 1 N–H and O–H groups in total. The lowest BCUT2D eigenvalue weighted by Gasteiger charge is -2.46. The van der Waals surface area contributed by atoms with Gasteiger partial charge < -0.3 is 4.90 Å². The molecule has 2 aromatic carbocycles. The number of carbonyl (C=O) groups excluding carboxylic acids is 3. The minimum absolute atomic E-state index is 0.0286. The van der Waals surface area contributed by atoms with Crippen molar-refractivity contribution in [2.45, 2.75) is 69.2 Å². The lowest BCUT2D eigenvalue weighted by molar-refractivity contribution is -0.145. The van der Waals surface area contributed by atoms with Gasteiger partial charge in [-0.15, -0.1) is 0 Å². The summed E-state index contributed by atoms with van der Waals surface area (Å²) in [6.07, 6.45) is 1.89. The third-order valence-corrected chi connectivity index (χ3v) is 10.5. The van der Waals surface area contributed by atoms with E-state index in [2.05, 4.69) is 20.2 Å². The minimum Gasteiger partial charge on any atom is -0.327 e. The predicted octanol–water partition coefficient (Wildman–Crippen LogP) is 6.06. The fourth-order valence-corrected chi connectivity index (χ4v) is 7.67. The first kappa shape index (κ1) is 32.5. The number of aryl methyl sites for hydroxylation is 1. The van der Waals surface area contributed by atoms with Crippen molar-refractivity contribution in [3.63, 3.8) is 0 Å². The lowest BCUT2D eigenvalue weighted by Crippen LogP contribution is -2.52. The number of fused-ring (bicyclic) bond motifs is 3. The molecule has 0 bridgehead atoms. The van der Waals surface area contributed by atoms with Gasteiger partial charge in [-0.3, -0.25) is 34.0 Å². The lowest BCUT2D eigenvalue weighted by atomic mass is 9.63. The maximum atomic E-state index is 15.1. The Kier molecular flexibility index (Phi) is 7.80. The van der Waals surface area contributed by atoms with Gasteiger partial charge >= 0.3 is 6.18 Å². The molecule has 8 rings (SSSR count). The molecule has 1 unspecified atom stereocenters. The summed E-state index contributed by atoms with van der Waals surface area (Å²) in [6, 6.07) is 17.4. The van der Waals surface area contributed by atoms with Crippen LogP contribution in [0, 0.1) is 0 Å². The second-order valence-corrected chi connectivity index (χ2v) is 13.4. The van der Waals surface area contributed by atoms with Gasteiger partial charge in [-0.2, -0.15) is 18.3 Å². The van der Waals surface area contributed by atoms with E-state index >= 15 is 4.79 Å². The molecule has 13 heteroatoms. The van der Waals surface area contributed by atoms with Crippen LogP contribution in [0.15, 0.2) is 83.9 Å². The second-order valence-electron chi connectivity index (χ2n) is 13.4. The van der Waals surface area contributed by atoms with E-state index in [4.69, 9.17) is 0 Å². The Morgan fingerprint density at radius 2 is 1.69 bits per heavy atom. The van der Waals surface area contributed by atoms with Gasteiger partial charge in [0.15, 0.2) is 0 Å². The molecule has 0 spiro atoms. The van der Waals surface area contributed by atoms with Crippen LogP contribution in [0.5, 0.6) is 0 Å². The van der Waals surface area contributed by atoms with Gasteiger partial charge in [0, 0.05) is 17.8 Å². The molecule has 1 aliphatic heterocycles. The number of rotatable bonds is 7. The second kappa shape index (κ2) is 12.3. The van der Waals surface area contributed by atoms with Crippen molar-refractivity contribution in [1.82, 2.24) is 30.0 Å². The molecule has 0 saturated heterocycles. The highest BCUT2D eigenvalue weighted by Crippen LogP contribution is 2.48. The number of aromatic amines is 1. The number of nitrogens with zero attached hydrogens (tertiary/aromatic N) is 5. The van der Waals surface area contributed by atoms with Gasteiger partial charge in [-0.05, 0) is 85.7 Å². The zero-order valence-corrected chi connectivity index (χ0v) is 27.2. The standard InChI is InChI=1S/C38H31F3N6O4/c39-38(40,41)24-11-13-25(43-19-24)20-46(31-10-3-6-22-7-4-17-42-32(22)31)36(51)37(15-5-16-37)23-12-14-26-29(18-23)30(44-45-33(26)48)21-47-34(49)27-8-1-2-9-28(27)35(47)50/h1-2,4,7-9,11-14,17-19,31H,3,5-6,10,15-16,20-21H2,(H,45,48). The number of imide groups is 1. The zero-order valence-electron chi connectivity index (χ0n) is 27.2. The van der Waals surface area contributed by atoms with Gasteiger partial charge in [-0.1, -0.05) is 30.7 Å². The molecule has 0 radical (unpaired) electrons. The molecule has 258 valence electrons. The Labute approximate surface area is 289 Å². The molecule has 1 atom stereocenters. The van der Waals surface area contributed by atoms with Crippen LogP contribution >= 0.6 is 0 Å². The number of halogens is 3. The van der Waals surface area contributed by atoms with E-state index in [1.165, 1.54) is 6.07 Å². The third-order valence-electron chi connectivity index (χ3n) is 10.5. The van der Waals surface area contributed by atoms with E-state index in [9.17, 15) is 27.6 Å².